The van der Waals surface area contributed by atoms with Crippen molar-refractivity contribution in [2.24, 2.45) is 0 Å². The summed E-state index contributed by atoms with van der Waals surface area (Å²) in [6, 6.07) is 4.61. The molecule has 1 aromatic heterocycles. The van der Waals surface area contributed by atoms with Gasteiger partial charge in [0, 0.05) is 11.2 Å². The first-order valence-corrected chi connectivity index (χ1v) is 4.57. The Morgan fingerprint density at radius 2 is 2.30 bits per heavy atom. The predicted molar refractivity (Wildman–Crippen MR) is 41.9 cm³/mol. The summed E-state index contributed by atoms with van der Waals surface area (Å²) in [5.74, 6) is 0. The zero-order valence-electron chi connectivity index (χ0n) is 4.89. The average Bonchev–Trinajstić information content (AvgIpc) is 1.88. The Kier molecular flexibility index (Phi) is 2.08. The Morgan fingerprint density at radius 1 is 1.60 bits per heavy atom. The first-order valence-electron chi connectivity index (χ1n) is 2.49. The van der Waals surface area contributed by atoms with E-state index in [-0.39, 0.29) is 4.64 Å². The van der Waals surface area contributed by atoms with Crippen LogP contribution in [0, 0.1) is 9.85 Å². The number of hydrogen-bond donors (Lipinski definition) is 0. The van der Waals surface area contributed by atoms with Crippen LogP contribution in [0.2, 0.25) is 0 Å². The Morgan fingerprint density at radius 3 is 2.70 bits per heavy atom. The van der Waals surface area contributed by atoms with Crippen LogP contribution in [-0.4, -0.2) is 8.94 Å². The van der Waals surface area contributed by atoms with Crippen molar-refractivity contribution in [2.45, 2.75) is 0 Å². The molecule has 0 radical (unpaired) electrons. The maximum absolute atomic E-state index is 10.7. The molecule has 0 fully saturated rings. The topological polar surface area (TPSA) is 45.1 Å². The maximum Gasteiger partial charge on any atom is 0.130 e. The molecule has 0 unspecified atom stereocenters. The molecule has 3 nitrogen and oxygen atoms in total. The lowest BCUT2D eigenvalue weighted by Gasteiger charge is -2.06. The molecule has 0 amide bonds. The minimum atomic E-state index is -1.61. The first kappa shape index (κ1) is 7.30. The third-order valence-electron chi connectivity index (χ3n) is 0.959. The SMILES string of the molecule is O=S(=S)=c1ccccn1[O-]. The van der Waals surface area contributed by atoms with Gasteiger partial charge in [0.15, 0.2) is 0 Å². The van der Waals surface area contributed by atoms with Crippen LogP contribution in [0.25, 0.3) is 0 Å². The van der Waals surface area contributed by atoms with E-state index in [1.54, 1.807) is 12.1 Å². The van der Waals surface area contributed by atoms with Gasteiger partial charge in [-0.05, 0) is 18.3 Å². The zero-order chi connectivity index (χ0) is 7.56. The summed E-state index contributed by atoms with van der Waals surface area (Å²) in [5, 5.41) is 10.7. The molecule has 0 bridgehead atoms. The molecule has 0 spiro atoms. The van der Waals surface area contributed by atoms with Gasteiger partial charge in [0.25, 0.3) is 0 Å². The van der Waals surface area contributed by atoms with Crippen LogP contribution in [0.15, 0.2) is 24.4 Å². The highest BCUT2D eigenvalue weighted by Gasteiger charge is 1.76. The van der Waals surface area contributed by atoms with Gasteiger partial charge in [-0.1, -0.05) is 6.07 Å². The fourth-order valence-corrected chi connectivity index (χ4v) is 1.33. The molecule has 0 aliphatic heterocycles. The fraction of sp³-hybridized carbons (Fsp3) is 0. The minimum absolute atomic E-state index is 0.109. The second kappa shape index (κ2) is 2.85. The van der Waals surface area contributed by atoms with Crippen LogP contribution in [0.1, 0.15) is 0 Å². The third kappa shape index (κ3) is 1.37. The van der Waals surface area contributed by atoms with Gasteiger partial charge < -0.3 is 9.94 Å². The van der Waals surface area contributed by atoms with E-state index in [0.717, 1.165) is 0 Å². The van der Waals surface area contributed by atoms with Gasteiger partial charge in [0.1, 0.15) is 4.64 Å². The lowest BCUT2D eigenvalue weighted by molar-refractivity contribution is 0.697. The summed E-state index contributed by atoms with van der Waals surface area (Å²) in [6.07, 6.45) is 1.26. The van der Waals surface area contributed by atoms with Gasteiger partial charge in [0.2, 0.25) is 0 Å². The molecule has 1 rings (SSSR count). The van der Waals surface area contributed by atoms with Crippen LogP contribution < -0.4 is 0 Å². The Hall–Kier alpha value is -0.810. The van der Waals surface area contributed by atoms with Crippen molar-refractivity contribution >= 4 is 20.1 Å². The normalized spacial score (nSPS) is 9.20. The number of rotatable bonds is 0. The number of pyridine rings is 1. The molecule has 1 aromatic rings. The van der Waals surface area contributed by atoms with Crippen LogP contribution >= 0.6 is 0 Å². The lowest BCUT2D eigenvalue weighted by Crippen LogP contribution is -1.88. The van der Waals surface area contributed by atoms with Crippen molar-refractivity contribution in [3.63, 3.8) is 0 Å². The quantitative estimate of drug-likeness (QED) is 0.540. The number of hydrogen-bond acceptors (Lipinski definition) is 3. The van der Waals surface area contributed by atoms with Gasteiger partial charge in [-0.2, -0.15) is 0 Å². The van der Waals surface area contributed by atoms with Crippen molar-refractivity contribution in [1.29, 1.82) is 0 Å². The summed E-state index contributed by atoms with van der Waals surface area (Å²) in [7, 11) is -1.61. The van der Waals surface area contributed by atoms with Gasteiger partial charge in [-0.3, -0.25) is 0 Å². The van der Waals surface area contributed by atoms with E-state index < -0.39 is 8.95 Å². The standard InChI is InChI=1S/C5H4NO2S2/c7-6-4-2-1-3-5(6)10(8)9/h1-4H/q-1. The number of aromatic nitrogens is 1. The van der Waals surface area contributed by atoms with E-state index in [1.807, 2.05) is 0 Å². The second-order valence-electron chi connectivity index (χ2n) is 1.60. The molecule has 0 atom stereocenters. The highest BCUT2D eigenvalue weighted by molar-refractivity contribution is 8.17. The smallest absolute Gasteiger partial charge is 0.130 e. The number of nitrogens with zero attached hydrogens (tertiary/aromatic N) is 1. The highest BCUT2D eigenvalue weighted by atomic mass is 32.8. The first-order chi connectivity index (χ1) is 4.72. The van der Waals surface area contributed by atoms with Crippen molar-refractivity contribution in [3.8, 4) is 0 Å². The highest BCUT2D eigenvalue weighted by Crippen LogP contribution is 1.87. The predicted octanol–water partition coefficient (Wildman–Crippen LogP) is 0.577. The molecular formula is C5H4NO2S2-. The van der Waals surface area contributed by atoms with E-state index in [2.05, 4.69) is 11.2 Å². The zero-order valence-corrected chi connectivity index (χ0v) is 6.52. The minimum Gasteiger partial charge on any atom is -0.805 e. The molecule has 1 heterocycles. The van der Waals surface area contributed by atoms with Crippen LogP contribution in [0.3, 0.4) is 0 Å². The van der Waals surface area contributed by atoms with Crippen molar-refractivity contribution in [1.82, 2.24) is 4.73 Å². The lowest BCUT2D eigenvalue weighted by atomic mass is 10.5. The van der Waals surface area contributed by atoms with E-state index in [1.165, 1.54) is 12.3 Å². The molecule has 0 aliphatic carbocycles. The second-order valence-corrected chi connectivity index (χ2v) is 3.40. The molecule has 0 saturated carbocycles. The van der Waals surface area contributed by atoms with Crippen molar-refractivity contribution in [3.05, 3.63) is 34.2 Å². The molecule has 54 valence electrons. The molecule has 10 heavy (non-hydrogen) atoms. The Labute approximate surface area is 63.8 Å². The van der Waals surface area contributed by atoms with Gasteiger partial charge in [0.05, 0.1) is 8.95 Å². The maximum atomic E-state index is 10.7. The molecule has 0 N–H and O–H groups in total. The fourth-order valence-electron chi connectivity index (χ4n) is 0.542. The van der Waals surface area contributed by atoms with E-state index in [0.29, 0.717) is 4.73 Å². The summed E-state index contributed by atoms with van der Waals surface area (Å²) < 4.78 is 11.2. The summed E-state index contributed by atoms with van der Waals surface area (Å²) in [5.41, 5.74) is 0. The molecule has 0 aromatic carbocycles. The Balaban J connectivity index is 3.78. The largest absolute Gasteiger partial charge is 0.805 e. The monoisotopic (exact) mass is 174 g/mol. The van der Waals surface area contributed by atoms with Gasteiger partial charge >= 0.3 is 0 Å². The van der Waals surface area contributed by atoms with E-state index in [9.17, 15) is 9.42 Å². The van der Waals surface area contributed by atoms with Crippen molar-refractivity contribution in [2.75, 3.05) is 0 Å². The average molecular weight is 174 g/mol. The summed E-state index contributed by atoms with van der Waals surface area (Å²) in [4.78, 5) is 0. The molecule has 0 aliphatic rings. The summed E-state index contributed by atoms with van der Waals surface area (Å²) >= 11 is 4.38. The summed E-state index contributed by atoms with van der Waals surface area (Å²) in [6.45, 7) is 0. The Bertz CT molecular complexity index is 382. The van der Waals surface area contributed by atoms with Crippen LogP contribution in [0.4, 0.5) is 0 Å². The van der Waals surface area contributed by atoms with Crippen LogP contribution in [0.5, 0.6) is 0 Å². The molecule has 5 heteroatoms. The van der Waals surface area contributed by atoms with Crippen LogP contribution in [-0.2, 0) is 20.1 Å². The van der Waals surface area contributed by atoms with E-state index >= 15 is 0 Å². The van der Waals surface area contributed by atoms with E-state index in [4.69, 9.17) is 0 Å². The van der Waals surface area contributed by atoms with Crippen molar-refractivity contribution < 1.29 is 4.21 Å². The third-order valence-corrected chi connectivity index (χ3v) is 2.13. The van der Waals surface area contributed by atoms with Gasteiger partial charge in [-0.25, -0.2) is 4.21 Å². The van der Waals surface area contributed by atoms with Gasteiger partial charge in [-0.15, -0.1) is 0 Å². The molecule has 0 saturated heterocycles. The molecular weight excluding hydrogens is 170 g/mol.